The van der Waals surface area contributed by atoms with E-state index in [0.717, 1.165) is 11.3 Å². The SMILES string of the molecule is CC(=O)c1csc(NS(=O)(=O)C(C)(C)C)n1. The molecule has 90 valence electrons. The third-order valence-electron chi connectivity index (χ3n) is 1.89. The molecule has 1 aromatic heterocycles. The molecule has 0 aromatic carbocycles. The quantitative estimate of drug-likeness (QED) is 0.844. The molecule has 0 radical (unpaired) electrons. The highest BCUT2D eigenvalue weighted by atomic mass is 32.2. The van der Waals surface area contributed by atoms with E-state index >= 15 is 0 Å². The van der Waals surface area contributed by atoms with Gasteiger partial charge in [-0.1, -0.05) is 0 Å². The van der Waals surface area contributed by atoms with Crippen molar-refractivity contribution in [3.8, 4) is 0 Å². The maximum absolute atomic E-state index is 11.8. The third-order valence-corrected chi connectivity index (χ3v) is 4.85. The highest BCUT2D eigenvalue weighted by molar-refractivity contribution is 7.94. The van der Waals surface area contributed by atoms with Gasteiger partial charge >= 0.3 is 0 Å². The smallest absolute Gasteiger partial charge is 0.239 e. The lowest BCUT2D eigenvalue weighted by molar-refractivity contribution is 0.101. The van der Waals surface area contributed by atoms with E-state index in [2.05, 4.69) is 9.71 Å². The van der Waals surface area contributed by atoms with Crippen molar-refractivity contribution in [3.05, 3.63) is 11.1 Å². The normalized spacial score (nSPS) is 12.5. The van der Waals surface area contributed by atoms with Gasteiger partial charge in [0.1, 0.15) is 5.69 Å². The Kier molecular flexibility index (Phi) is 3.39. The molecule has 16 heavy (non-hydrogen) atoms. The number of anilines is 1. The molecule has 0 aliphatic heterocycles. The molecule has 0 fully saturated rings. The predicted octanol–water partition coefficient (Wildman–Crippen LogP) is 1.89. The van der Waals surface area contributed by atoms with Crippen molar-refractivity contribution < 1.29 is 13.2 Å². The molecule has 0 bridgehead atoms. The van der Waals surface area contributed by atoms with Crippen LogP contribution in [0.3, 0.4) is 0 Å². The minimum Gasteiger partial charge on any atom is -0.293 e. The van der Waals surface area contributed by atoms with Crippen LogP contribution in [0.15, 0.2) is 5.38 Å². The highest BCUT2D eigenvalue weighted by Gasteiger charge is 2.29. The van der Waals surface area contributed by atoms with E-state index in [9.17, 15) is 13.2 Å². The summed E-state index contributed by atoms with van der Waals surface area (Å²) >= 11 is 1.10. The minimum absolute atomic E-state index is 0.183. The number of Topliss-reactive ketones (excluding diaryl/α,β-unsaturated/α-hetero) is 1. The van der Waals surface area contributed by atoms with Crippen molar-refractivity contribution in [2.75, 3.05) is 4.72 Å². The lowest BCUT2D eigenvalue weighted by Gasteiger charge is -2.18. The van der Waals surface area contributed by atoms with Crippen LogP contribution in [-0.2, 0) is 10.0 Å². The summed E-state index contributed by atoms with van der Waals surface area (Å²) in [6, 6.07) is 0. The van der Waals surface area contributed by atoms with Gasteiger partial charge in [-0.25, -0.2) is 13.4 Å². The first kappa shape index (κ1) is 13.1. The Balaban J connectivity index is 2.94. The summed E-state index contributed by atoms with van der Waals surface area (Å²) in [5, 5.41) is 1.75. The number of hydrogen-bond acceptors (Lipinski definition) is 5. The van der Waals surface area contributed by atoms with Gasteiger partial charge in [0.05, 0.1) is 4.75 Å². The average Bonchev–Trinajstić information content (AvgIpc) is 2.49. The Hall–Kier alpha value is -0.950. The molecule has 0 spiro atoms. The molecule has 0 saturated carbocycles. The minimum atomic E-state index is -3.48. The first-order valence-corrected chi connectivity index (χ1v) is 6.98. The fourth-order valence-electron chi connectivity index (χ4n) is 0.750. The molecule has 7 heteroatoms. The fourth-order valence-corrected chi connectivity index (χ4v) is 2.45. The van der Waals surface area contributed by atoms with Gasteiger partial charge < -0.3 is 0 Å². The van der Waals surface area contributed by atoms with E-state index in [1.54, 1.807) is 20.8 Å². The Morgan fingerprint density at radius 3 is 2.38 bits per heavy atom. The largest absolute Gasteiger partial charge is 0.293 e. The maximum Gasteiger partial charge on any atom is 0.239 e. The number of hydrogen-bond donors (Lipinski definition) is 1. The van der Waals surface area contributed by atoms with Crippen molar-refractivity contribution in [1.29, 1.82) is 0 Å². The first-order valence-electron chi connectivity index (χ1n) is 4.62. The summed E-state index contributed by atoms with van der Waals surface area (Å²) < 4.78 is 25.0. The van der Waals surface area contributed by atoms with Crippen molar-refractivity contribution in [2.45, 2.75) is 32.4 Å². The standard InChI is InChI=1S/C9H14N2O3S2/c1-6(12)7-5-15-8(10-7)11-16(13,14)9(2,3)4/h5H,1-4H3,(H,10,11). The number of ketones is 1. The first-order chi connectivity index (χ1) is 7.13. The van der Waals surface area contributed by atoms with Crippen molar-refractivity contribution in [2.24, 2.45) is 0 Å². The predicted molar refractivity (Wildman–Crippen MR) is 64.4 cm³/mol. The fraction of sp³-hybridized carbons (Fsp3) is 0.556. The zero-order valence-corrected chi connectivity index (χ0v) is 11.2. The van der Waals surface area contributed by atoms with Crippen LogP contribution in [0.2, 0.25) is 0 Å². The number of carbonyl (C=O) groups is 1. The van der Waals surface area contributed by atoms with Crippen LogP contribution in [0.4, 0.5) is 5.13 Å². The van der Waals surface area contributed by atoms with Crippen LogP contribution in [-0.4, -0.2) is 23.9 Å². The van der Waals surface area contributed by atoms with Crippen molar-refractivity contribution in [3.63, 3.8) is 0 Å². The van der Waals surface area contributed by atoms with Crippen LogP contribution in [0.25, 0.3) is 0 Å². The number of sulfonamides is 1. The van der Waals surface area contributed by atoms with Gasteiger partial charge in [0.15, 0.2) is 10.9 Å². The molecule has 1 N–H and O–H groups in total. The van der Waals surface area contributed by atoms with Crippen LogP contribution in [0.5, 0.6) is 0 Å². The van der Waals surface area contributed by atoms with Crippen LogP contribution in [0, 0.1) is 0 Å². The third kappa shape index (κ3) is 2.79. The van der Waals surface area contributed by atoms with Gasteiger partial charge in [-0.15, -0.1) is 11.3 Å². The van der Waals surface area contributed by atoms with Crippen molar-refractivity contribution >= 4 is 32.3 Å². The molecular weight excluding hydrogens is 248 g/mol. The molecule has 1 rings (SSSR count). The molecule has 0 saturated heterocycles. The number of thiazole rings is 1. The monoisotopic (exact) mass is 262 g/mol. The molecule has 1 aromatic rings. The average molecular weight is 262 g/mol. The second-order valence-corrected chi connectivity index (χ2v) is 7.61. The number of rotatable bonds is 3. The van der Waals surface area contributed by atoms with Gasteiger partial charge in [-0.2, -0.15) is 0 Å². The van der Waals surface area contributed by atoms with Crippen LogP contribution >= 0.6 is 11.3 Å². The van der Waals surface area contributed by atoms with E-state index in [-0.39, 0.29) is 16.6 Å². The summed E-state index contributed by atoms with van der Waals surface area (Å²) in [6.45, 7) is 6.16. The van der Waals surface area contributed by atoms with Gasteiger partial charge in [0, 0.05) is 12.3 Å². The number of carbonyl (C=O) groups excluding carboxylic acids is 1. The molecular formula is C9H14N2O3S2. The Labute approximate surface area is 99.0 Å². The topological polar surface area (TPSA) is 76.1 Å². The molecule has 0 aliphatic rings. The number of aromatic nitrogens is 1. The summed E-state index contributed by atoms with van der Waals surface area (Å²) in [5.41, 5.74) is 0.275. The zero-order valence-electron chi connectivity index (χ0n) is 9.57. The number of nitrogens with one attached hydrogen (secondary N) is 1. The molecule has 1 heterocycles. The molecule has 0 aliphatic carbocycles. The van der Waals surface area contributed by atoms with Gasteiger partial charge in [-0.05, 0) is 20.8 Å². The molecule has 0 amide bonds. The Bertz CT molecular complexity index is 497. The molecule has 0 atom stereocenters. The van der Waals surface area contributed by atoms with Crippen molar-refractivity contribution in [1.82, 2.24) is 4.98 Å². The number of nitrogens with zero attached hydrogens (tertiary/aromatic N) is 1. The molecule has 0 unspecified atom stereocenters. The lowest BCUT2D eigenvalue weighted by Crippen LogP contribution is -2.33. The second kappa shape index (κ2) is 4.14. The van der Waals surface area contributed by atoms with Crippen LogP contribution < -0.4 is 4.72 Å². The lowest BCUT2D eigenvalue weighted by atomic mass is 10.3. The van der Waals surface area contributed by atoms with Crippen LogP contribution in [0.1, 0.15) is 38.2 Å². The van der Waals surface area contributed by atoms with Gasteiger partial charge in [0.2, 0.25) is 10.0 Å². The maximum atomic E-state index is 11.8. The summed E-state index contributed by atoms with van der Waals surface area (Å²) in [7, 11) is -3.48. The Morgan fingerprint density at radius 2 is 2.00 bits per heavy atom. The summed E-state index contributed by atoms with van der Waals surface area (Å²) in [4.78, 5) is 14.9. The summed E-state index contributed by atoms with van der Waals surface area (Å²) in [5.74, 6) is -0.183. The Morgan fingerprint density at radius 1 is 1.44 bits per heavy atom. The van der Waals surface area contributed by atoms with E-state index in [0.29, 0.717) is 0 Å². The second-order valence-electron chi connectivity index (χ2n) is 4.31. The zero-order chi connectivity index (χ0) is 12.6. The highest BCUT2D eigenvalue weighted by Crippen LogP contribution is 2.22. The van der Waals surface area contributed by atoms with E-state index in [1.807, 2.05) is 0 Å². The van der Waals surface area contributed by atoms with Gasteiger partial charge in [0.25, 0.3) is 0 Å². The summed E-state index contributed by atoms with van der Waals surface area (Å²) in [6.07, 6.45) is 0. The van der Waals surface area contributed by atoms with E-state index in [4.69, 9.17) is 0 Å². The van der Waals surface area contributed by atoms with Gasteiger partial charge in [-0.3, -0.25) is 9.52 Å². The van der Waals surface area contributed by atoms with E-state index in [1.165, 1.54) is 12.3 Å². The van der Waals surface area contributed by atoms with E-state index < -0.39 is 14.8 Å². The molecule has 5 nitrogen and oxygen atoms in total.